The lowest BCUT2D eigenvalue weighted by Gasteiger charge is -2.12. The lowest BCUT2D eigenvalue weighted by molar-refractivity contribution is -0.410. The van der Waals surface area contributed by atoms with Crippen LogP contribution in [0.25, 0.3) is 0 Å². The van der Waals surface area contributed by atoms with Gasteiger partial charge in [-0.15, -0.1) is 0 Å². The molecule has 0 fully saturated rings. The molecule has 0 radical (unpaired) electrons. The largest absolute Gasteiger partial charge is 0.497 e. The first kappa shape index (κ1) is 20.1. The Bertz CT molecular complexity index is 900. The number of hydrogen-bond donors (Lipinski definition) is 2. The average Bonchev–Trinajstić information content (AvgIpc) is 2.68. The molecule has 2 rings (SSSR count). The number of nitrogens with one attached hydrogen (secondary N) is 2. The van der Waals surface area contributed by atoms with E-state index in [4.69, 9.17) is 15.7 Å². The van der Waals surface area contributed by atoms with Gasteiger partial charge in [-0.1, -0.05) is 23.9 Å². The molecule has 0 saturated heterocycles. The smallest absolute Gasteiger partial charge is 0.289 e. The Morgan fingerprint density at radius 1 is 1.30 bits per heavy atom. The Balaban J connectivity index is 1.93. The number of carbonyl (C=O) groups excluding carboxylic acids is 1. The van der Waals surface area contributed by atoms with Gasteiger partial charge < -0.3 is 10.1 Å². The number of aromatic nitrogens is 1. The van der Waals surface area contributed by atoms with Crippen LogP contribution < -0.4 is 20.8 Å². The molecule has 7 nitrogen and oxygen atoms in total. The van der Waals surface area contributed by atoms with Crippen molar-refractivity contribution in [2.24, 2.45) is 0 Å². The Morgan fingerprint density at radius 3 is 2.56 bits per heavy atom. The van der Waals surface area contributed by atoms with E-state index in [1.807, 2.05) is 36.4 Å². The predicted molar refractivity (Wildman–Crippen MR) is 102 cm³/mol. The Labute approximate surface area is 162 Å². The molecule has 8 heteroatoms. The molecule has 1 aromatic carbocycles. The number of nitrogens with two attached hydrogens (primary N) is 1. The highest BCUT2D eigenvalue weighted by molar-refractivity contribution is 8.00. The van der Waals surface area contributed by atoms with Crippen LogP contribution in [-0.2, 0) is 11.2 Å². The van der Waals surface area contributed by atoms with E-state index in [0.717, 1.165) is 11.3 Å². The number of nitrogen functional groups attached to an aromatic ring is 1. The second-order valence-corrected chi connectivity index (χ2v) is 7.06. The summed E-state index contributed by atoms with van der Waals surface area (Å²) in [4.78, 5) is 15.1. The van der Waals surface area contributed by atoms with Crippen molar-refractivity contribution in [1.29, 1.82) is 10.5 Å². The van der Waals surface area contributed by atoms with E-state index in [2.05, 4.69) is 10.3 Å². The van der Waals surface area contributed by atoms with Crippen molar-refractivity contribution in [3.8, 4) is 17.9 Å². The predicted octanol–water partition coefficient (Wildman–Crippen LogP) is 1.67. The summed E-state index contributed by atoms with van der Waals surface area (Å²) in [6, 6.07) is 13.0. The second-order valence-electron chi connectivity index (χ2n) is 5.71. The van der Waals surface area contributed by atoms with Crippen molar-refractivity contribution >= 4 is 23.5 Å². The van der Waals surface area contributed by atoms with Gasteiger partial charge in [-0.2, -0.15) is 10.5 Å². The zero-order chi connectivity index (χ0) is 19.8. The summed E-state index contributed by atoms with van der Waals surface area (Å²) in [6.45, 7) is 2.25. The van der Waals surface area contributed by atoms with Crippen molar-refractivity contribution in [3.05, 3.63) is 47.0 Å². The van der Waals surface area contributed by atoms with Crippen molar-refractivity contribution in [2.45, 2.75) is 23.6 Å². The molecule has 0 saturated carbocycles. The molecule has 0 aliphatic rings. The standard InChI is InChI=1S/C19H19N5O2S/c1-12(27-19-15(11-21)9-14(10-20)17(22)24-19)18(25)23-8-7-13-3-5-16(26-2)6-4-13/h3-6,9,12H,7-8H2,1-2H3,(H2,22,24)(H,23,25)/p+1/t12-/m1/s1. The summed E-state index contributed by atoms with van der Waals surface area (Å²) in [5.74, 6) is 0.818. The highest BCUT2D eigenvalue weighted by Gasteiger charge is 2.21. The molecule has 1 heterocycles. The molecule has 138 valence electrons. The van der Waals surface area contributed by atoms with Crippen LogP contribution in [0.4, 0.5) is 5.82 Å². The molecule has 0 spiro atoms. The normalized spacial score (nSPS) is 11.1. The van der Waals surface area contributed by atoms with Gasteiger partial charge in [-0.05, 0) is 37.1 Å². The van der Waals surface area contributed by atoms with Crippen LogP contribution in [-0.4, -0.2) is 24.8 Å². The molecular weight excluding hydrogens is 362 g/mol. The molecule has 0 bridgehead atoms. The van der Waals surface area contributed by atoms with E-state index < -0.39 is 5.25 Å². The monoisotopic (exact) mass is 382 g/mol. The third-order valence-corrected chi connectivity index (χ3v) is 4.97. The lowest BCUT2D eigenvalue weighted by Crippen LogP contribution is -2.33. The molecule has 1 atom stereocenters. The molecule has 1 aromatic heterocycles. The van der Waals surface area contributed by atoms with Crippen LogP contribution in [0.3, 0.4) is 0 Å². The number of anilines is 1. The van der Waals surface area contributed by atoms with Gasteiger partial charge in [0.15, 0.2) is 5.03 Å². The van der Waals surface area contributed by atoms with E-state index in [0.29, 0.717) is 18.0 Å². The maximum atomic E-state index is 12.3. The number of amides is 1. The molecule has 2 aromatic rings. The van der Waals surface area contributed by atoms with E-state index in [-0.39, 0.29) is 22.9 Å². The van der Waals surface area contributed by atoms with Gasteiger partial charge in [0, 0.05) is 6.54 Å². The van der Waals surface area contributed by atoms with Crippen LogP contribution in [0, 0.1) is 22.7 Å². The van der Waals surface area contributed by atoms with Gasteiger partial charge in [0.05, 0.1) is 12.4 Å². The van der Waals surface area contributed by atoms with Gasteiger partial charge in [0.2, 0.25) is 5.91 Å². The van der Waals surface area contributed by atoms with Crippen molar-refractivity contribution < 1.29 is 14.5 Å². The number of ether oxygens (including phenoxy) is 1. The summed E-state index contributed by atoms with van der Waals surface area (Å²) in [7, 11) is 1.62. The number of carbonyl (C=O) groups is 1. The topological polar surface area (TPSA) is 126 Å². The fourth-order valence-electron chi connectivity index (χ4n) is 2.31. The number of thioether (sulfide) groups is 1. The molecule has 27 heavy (non-hydrogen) atoms. The van der Waals surface area contributed by atoms with E-state index >= 15 is 0 Å². The van der Waals surface area contributed by atoms with Crippen LogP contribution in [0.5, 0.6) is 5.75 Å². The van der Waals surface area contributed by atoms with E-state index in [1.165, 1.54) is 17.8 Å². The minimum atomic E-state index is -0.434. The number of nitrogens with zero attached hydrogens (tertiary/aromatic N) is 2. The first-order valence-corrected chi connectivity index (χ1v) is 9.09. The second kappa shape index (κ2) is 9.46. The summed E-state index contributed by atoms with van der Waals surface area (Å²) < 4.78 is 5.12. The van der Waals surface area contributed by atoms with Gasteiger partial charge in [-0.3, -0.25) is 10.5 Å². The number of nitriles is 2. The summed E-state index contributed by atoms with van der Waals surface area (Å²) in [6.07, 6.45) is 0.701. The van der Waals surface area contributed by atoms with Crippen molar-refractivity contribution in [2.75, 3.05) is 19.4 Å². The molecule has 0 aliphatic carbocycles. The number of benzene rings is 1. The first-order chi connectivity index (χ1) is 13.0. The number of pyridine rings is 1. The van der Waals surface area contributed by atoms with Crippen LogP contribution >= 0.6 is 11.8 Å². The maximum absolute atomic E-state index is 12.3. The number of H-pyrrole nitrogens is 1. The quantitative estimate of drug-likeness (QED) is 0.702. The maximum Gasteiger partial charge on any atom is 0.289 e. The zero-order valence-electron chi connectivity index (χ0n) is 15.1. The number of hydrogen-bond acceptors (Lipinski definition) is 6. The fourth-order valence-corrected chi connectivity index (χ4v) is 3.25. The zero-order valence-corrected chi connectivity index (χ0v) is 15.9. The highest BCUT2D eigenvalue weighted by Crippen LogP contribution is 2.24. The minimum Gasteiger partial charge on any atom is -0.497 e. The molecular formula is C19H20N5O2S+. The van der Waals surface area contributed by atoms with Gasteiger partial charge >= 0.3 is 0 Å². The lowest BCUT2D eigenvalue weighted by atomic mass is 10.1. The number of methoxy groups -OCH3 is 1. The summed E-state index contributed by atoms with van der Waals surface area (Å²) >= 11 is 1.19. The Kier molecular flexibility index (Phi) is 7.04. The van der Waals surface area contributed by atoms with Crippen LogP contribution in [0.2, 0.25) is 0 Å². The Hall–Kier alpha value is -3.23. The average molecular weight is 382 g/mol. The van der Waals surface area contributed by atoms with Crippen molar-refractivity contribution in [3.63, 3.8) is 0 Å². The minimum absolute atomic E-state index is 0.145. The fraction of sp³-hybridized carbons (Fsp3) is 0.263. The summed E-state index contributed by atoms with van der Waals surface area (Å²) in [5, 5.41) is 21.1. The molecule has 1 amide bonds. The van der Waals surface area contributed by atoms with E-state index in [9.17, 15) is 10.1 Å². The van der Waals surface area contributed by atoms with Gasteiger partial charge in [0.1, 0.15) is 29.0 Å². The number of aromatic amines is 1. The first-order valence-electron chi connectivity index (χ1n) is 8.21. The molecule has 0 unspecified atom stereocenters. The van der Waals surface area contributed by atoms with Gasteiger partial charge in [-0.25, -0.2) is 4.98 Å². The third kappa shape index (κ3) is 5.37. The van der Waals surface area contributed by atoms with Crippen molar-refractivity contribution in [1.82, 2.24) is 5.32 Å². The Morgan fingerprint density at radius 2 is 1.96 bits per heavy atom. The van der Waals surface area contributed by atoms with Crippen LogP contribution in [0.1, 0.15) is 23.6 Å². The third-order valence-electron chi connectivity index (χ3n) is 3.85. The highest BCUT2D eigenvalue weighted by atomic mass is 32.2. The summed E-state index contributed by atoms with van der Waals surface area (Å²) in [5.41, 5.74) is 7.34. The number of rotatable bonds is 7. The SMILES string of the molecule is COc1ccc(CCNC(=O)[C@@H](C)Sc2[nH+]c(N)c(C#N)cc2C#N)cc1. The molecule has 0 aliphatic heterocycles. The van der Waals surface area contributed by atoms with Crippen LogP contribution in [0.15, 0.2) is 35.4 Å². The van der Waals surface area contributed by atoms with E-state index in [1.54, 1.807) is 14.0 Å². The molecule has 4 N–H and O–H groups in total. The van der Waals surface area contributed by atoms with Gasteiger partial charge in [0.25, 0.3) is 5.82 Å².